The van der Waals surface area contributed by atoms with Crippen LogP contribution in [0.4, 0.5) is 5.69 Å². The molecule has 0 unspecified atom stereocenters. The first kappa shape index (κ1) is 17.7. The Labute approximate surface area is 138 Å². The fraction of sp³-hybridized carbons (Fsp3) is 0.294. The van der Waals surface area contributed by atoms with Crippen LogP contribution in [0.2, 0.25) is 0 Å². The third-order valence-electron chi connectivity index (χ3n) is 4.07. The number of aryl methyl sites for hydroxylation is 2. The monoisotopic (exact) mass is 333 g/mol. The zero-order chi connectivity index (χ0) is 18.0. The Bertz CT molecular complexity index is 801. The molecule has 128 valence electrons. The number of hydrogen-bond acceptors (Lipinski definition) is 7. The second-order valence-corrected chi connectivity index (χ2v) is 5.64. The number of nitroso groups, excluding NO2 is 1. The molecule has 2 rings (SSSR count). The molecule has 0 saturated heterocycles. The average Bonchev–Trinajstić information content (AvgIpc) is 2.55. The number of nitrogens with zero attached hydrogens (tertiary/aromatic N) is 1. The van der Waals surface area contributed by atoms with Gasteiger partial charge in [0.1, 0.15) is 22.9 Å². The zero-order valence-electron chi connectivity index (χ0n) is 13.4. The van der Waals surface area contributed by atoms with Crippen molar-refractivity contribution >= 4 is 5.69 Å². The average molecular weight is 333 g/mol. The van der Waals surface area contributed by atoms with Crippen molar-refractivity contribution < 1.29 is 25.5 Å². The summed E-state index contributed by atoms with van der Waals surface area (Å²) in [5.41, 5.74) is 1.75. The lowest BCUT2D eigenvalue weighted by atomic mass is 9.94. The van der Waals surface area contributed by atoms with E-state index in [1.807, 2.05) is 0 Å². The van der Waals surface area contributed by atoms with Crippen molar-refractivity contribution in [2.45, 2.75) is 33.5 Å². The van der Waals surface area contributed by atoms with Gasteiger partial charge in [-0.3, -0.25) is 0 Å². The molecule has 24 heavy (non-hydrogen) atoms. The van der Waals surface area contributed by atoms with Crippen LogP contribution in [0.1, 0.15) is 33.4 Å². The van der Waals surface area contributed by atoms with Gasteiger partial charge in [0, 0.05) is 12.0 Å². The molecule has 2 aromatic rings. The molecule has 7 nitrogen and oxygen atoms in total. The Kier molecular flexibility index (Phi) is 5.06. The van der Waals surface area contributed by atoms with E-state index in [0.717, 1.165) is 0 Å². The van der Waals surface area contributed by atoms with Gasteiger partial charge in [0.05, 0.1) is 18.8 Å². The second-order valence-electron chi connectivity index (χ2n) is 5.64. The number of benzene rings is 2. The molecule has 0 fully saturated rings. The van der Waals surface area contributed by atoms with Crippen molar-refractivity contribution in [1.29, 1.82) is 0 Å². The number of phenols is 3. The fourth-order valence-corrected chi connectivity index (χ4v) is 2.79. The molecule has 5 N–H and O–H groups in total. The van der Waals surface area contributed by atoms with Crippen molar-refractivity contribution in [3.05, 3.63) is 50.4 Å². The third-order valence-corrected chi connectivity index (χ3v) is 4.07. The van der Waals surface area contributed by atoms with E-state index in [1.165, 1.54) is 0 Å². The number of aromatic hydroxyl groups is 3. The molecule has 0 atom stereocenters. The minimum atomic E-state index is -0.552. The van der Waals surface area contributed by atoms with Crippen molar-refractivity contribution in [2.75, 3.05) is 0 Å². The predicted octanol–water partition coefficient (Wildman–Crippen LogP) is 2.39. The summed E-state index contributed by atoms with van der Waals surface area (Å²) >= 11 is 0. The lowest BCUT2D eigenvalue weighted by molar-refractivity contribution is 0.268. The lowest BCUT2D eigenvalue weighted by Gasteiger charge is -2.16. The van der Waals surface area contributed by atoms with Gasteiger partial charge in [-0.2, -0.15) is 0 Å². The van der Waals surface area contributed by atoms with E-state index in [1.54, 1.807) is 26.0 Å². The maximum absolute atomic E-state index is 10.9. The molecule has 0 aliphatic rings. The quantitative estimate of drug-likeness (QED) is 0.534. The van der Waals surface area contributed by atoms with Crippen LogP contribution in [0.25, 0.3) is 0 Å². The highest BCUT2D eigenvalue weighted by Gasteiger charge is 2.19. The highest BCUT2D eigenvalue weighted by Crippen LogP contribution is 2.39. The van der Waals surface area contributed by atoms with Gasteiger partial charge in [-0.15, -0.1) is 4.91 Å². The van der Waals surface area contributed by atoms with Crippen LogP contribution < -0.4 is 0 Å². The van der Waals surface area contributed by atoms with Crippen LogP contribution >= 0.6 is 0 Å². The molecule has 0 heterocycles. The van der Waals surface area contributed by atoms with Gasteiger partial charge in [0.2, 0.25) is 0 Å². The van der Waals surface area contributed by atoms with Crippen LogP contribution in [-0.4, -0.2) is 25.5 Å². The van der Waals surface area contributed by atoms with Gasteiger partial charge in [0.25, 0.3) is 0 Å². The summed E-state index contributed by atoms with van der Waals surface area (Å²) in [5, 5.41) is 51.9. The molecule has 0 aliphatic heterocycles. The Morgan fingerprint density at radius 3 is 1.83 bits per heavy atom. The normalized spacial score (nSPS) is 10.8. The first-order valence-corrected chi connectivity index (χ1v) is 7.28. The molecule has 0 aliphatic carbocycles. The predicted molar refractivity (Wildman–Crippen MR) is 87.5 cm³/mol. The van der Waals surface area contributed by atoms with Crippen LogP contribution in [0.15, 0.2) is 17.3 Å². The molecule has 0 bridgehead atoms. The van der Waals surface area contributed by atoms with Crippen LogP contribution in [-0.2, 0) is 19.6 Å². The highest BCUT2D eigenvalue weighted by molar-refractivity contribution is 5.63. The molecular weight excluding hydrogens is 314 g/mol. The van der Waals surface area contributed by atoms with E-state index in [9.17, 15) is 30.4 Å². The Morgan fingerprint density at radius 1 is 0.833 bits per heavy atom. The summed E-state index contributed by atoms with van der Waals surface area (Å²) in [6, 6.07) is 3.09. The molecule has 0 amide bonds. The SMILES string of the molecule is Cc1cc(Cc2cc(C)c(N=O)c(CO)c2O)c(O)c(CO)c1O. The lowest BCUT2D eigenvalue weighted by Crippen LogP contribution is -1.99. The van der Waals surface area contributed by atoms with Crippen molar-refractivity contribution in [3.8, 4) is 17.2 Å². The Balaban J connectivity index is 2.59. The minimum Gasteiger partial charge on any atom is -0.507 e. The highest BCUT2D eigenvalue weighted by atomic mass is 16.3. The van der Waals surface area contributed by atoms with Crippen LogP contribution in [0.5, 0.6) is 17.2 Å². The van der Waals surface area contributed by atoms with E-state index in [2.05, 4.69) is 5.18 Å². The number of aliphatic hydroxyl groups excluding tert-OH is 2. The summed E-state index contributed by atoms with van der Waals surface area (Å²) in [5.74, 6) is -0.718. The molecule has 2 aromatic carbocycles. The minimum absolute atomic E-state index is 0.00905. The topological polar surface area (TPSA) is 131 Å². The summed E-state index contributed by atoms with van der Waals surface area (Å²) in [7, 11) is 0. The molecule has 7 heteroatoms. The van der Waals surface area contributed by atoms with Crippen molar-refractivity contribution in [1.82, 2.24) is 0 Å². The second kappa shape index (κ2) is 6.86. The number of rotatable bonds is 5. The molecular formula is C17H19NO6. The van der Waals surface area contributed by atoms with E-state index in [-0.39, 0.29) is 40.5 Å². The van der Waals surface area contributed by atoms with Gasteiger partial charge in [-0.05, 0) is 53.4 Å². The summed E-state index contributed by atoms with van der Waals surface area (Å²) in [6.45, 7) is 2.17. The summed E-state index contributed by atoms with van der Waals surface area (Å²) in [4.78, 5) is 10.9. The molecule has 0 saturated carbocycles. The fourth-order valence-electron chi connectivity index (χ4n) is 2.79. The van der Waals surface area contributed by atoms with Crippen molar-refractivity contribution in [3.63, 3.8) is 0 Å². The van der Waals surface area contributed by atoms with Gasteiger partial charge < -0.3 is 25.5 Å². The van der Waals surface area contributed by atoms with Gasteiger partial charge >= 0.3 is 0 Å². The summed E-state index contributed by atoms with van der Waals surface area (Å²) < 4.78 is 0. The van der Waals surface area contributed by atoms with Crippen LogP contribution in [0.3, 0.4) is 0 Å². The first-order chi connectivity index (χ1) is 11.3. The van der Waals surface area contributed by atoms with Gasteiger partial charge in [-0.1, -0.05) is 0 Å². The van der Waals surface area contributed by atoms with Crippen LogP contribution in [0, 0.1) is 18.8 Å². The summed E-state index contributed by atoms with van der Waals surface area (Å²) in [6.07, 6.45) is 0.0821. The van der Waals surface area contributed by atoms with Gasteiger partial charge in [0.15, 0.2) is 0 Å². The van der Waals surface area contributed by atoms with E-state index in [0.29, 0.717) is 22.3 Å². The van der Waals surface area contributed by atoms with Crippen molar-refractivity contribution in [2.24, 2.45) is 5.18 Å². The maximum atomic E-state index is 10.9. The molecule has 0 radical (unpaired) electrons. The third kappa shape index (κ3) is 2.91. The first-order valence-electron chi connectivity index (χ1n) is 7.28. The molecule has 0 aromatic heterocycles. The smallest absolute Gasteiger partial charge is 0.128 e. The van der Waals surface area contributed by atoms with E-state index in [4.69, 9.17) is 0 Å². The van der Waals surface area contributed by atoms with E-state index >= 15 is 0 Å². The van der Waals surface area contributed by atoms with E-state index < -0.39 is 13.2 Å². The standard InChI is InChI=1S/C17H19NO6/c1-8-3-10(16(22)12(6-19)14(8)18-24)5-11-4-9(2)15(21)13(7-20)17(11)23/h3-4,19-23H,5-7H2,1-2H3. The largest absolute Gasteiger partial charge is 0.507 e. The number of aliphatic hydroxyl groups is 2. The van der Waals surface area contributed by atoms with Gasteiger partial charge in [-0.25, -0.2) is 0 Å². The Morgan fingerprint density at radius 2 is 1.33 bits per heavy atom. The Hall–Kier alpha value is -2.64. The molecule has 0 spiro atoms. The maximum Gasteiger partial charge on any atom is 0.128 e. The zero-order valence-corrected chi connectivity index (χ0v) is 13.4. The number of hydrogen-bond donors (Lipinski definition) is 5.